The quantitative estimate of drug-likeness (QED) is 0.0263. The summed E-state index contributed by atoms with van der Waals surface area (Å²) in [5, 5.41) is 0. The normalized spacial score (nSPS) is 12.4. The molecule has 0 saturated carbocycles. The maximum atomic E-state index is 12.8. The first-order valence-corrected chi connectivity index (χ1v) is 25.6. The lowest BCUT2D eigenvalue weighted by Crippen LogP contribution is -2.30. The van der Waals surface area contributed by atoms with Crippen molar-refractivity contribution in [1.29, 1.82) is 0 Å². The van der Waals surface area contributed by atoms with Gasteiger partial charge in [-0.3, -0.25) is 14.4 Å². The topological polar surface area (TPSA) is 78.9 Å². The summed E-state index contributed by atoms with van der Waals surface area (Å²) in [7, 11) is 0. The van der Waals surface area contributed by atoms with Crippen molar-refractivity contribution in [2.75, 3.05) is 13.2 Å². The molecule has 0 N–H and O–H groups in total. The third-order valence-electron chi connectivity index (χ3n) is 11.1. The lowest BCUT2D eigenvalue weighted by Gasteiger charge is -2.18. The number of unbranched alkanes of at least 4 members (excludes halogenated alkanes) is 27. The van der Waals surface area contributed by atoms with Crippen LogP contribution in [0.1, 0.15) is 258 Å². The average molecular weight is 841 g/mol. The highest BCUT2D eigenvalue weighted by Crippen LogP contribution is 2.14. The Morgan fingerprint density at radius 1 is 0.333 bits per heavy atom. The number of hydrogen-bond acceptors (Lipinski definition) is 6. The predicted molar refractivity (Wildman–Crippen MR) is 256 cm³/mol. The molecule has 0 bridgehead atoms. The maximum absolute atomic E-state index is 12.8. The standard InChI is InChI=1S/C54H96O6/c1-4-7-10-13-16-19-21-23-25-26-27-29-30-32-35-38-41-44-47-53(56)59-50-51(49-58-52(55)46-43-40-37-34-18-15-12-9-6-3)60-54(57)48-45-42-39-36-33-31-28-24-22-20-17-14-11-8-5-2/h17,19-21,24-26,28,51H,4-16,18,22-23,27,29-50H2,1-3H3/b20-17-,21-19-,26-25-,28-24-. The number of hydrogen-bond donors (Lipinski definition) is 0. The molecule has 0 saturated heterocycles. The van der Waals surface area contributed by atoms with Crippen molar-refractivity contribution >= 4 is 17.9 Å². The Morgan fingerprint density at radius 3 is 0.967 bits per heavy atom. The van der Waals surface area contributed by atoms with E-state index in [1.807, 2.05) is 0 Å². The molecule has 6 heteroatoms. The second kappa shape index (κ2) is 49.0. The third kappa shape index (κ3) is 46.4. The Bertz CT molecular complexity index is 1060. The highest BCUT2D eigenvalue weighted by Gasteiger charge is 2.19. The van der Waals surface area contributed by atoms with Gasteiger partial charge in [-0.1, -0.05) is 204 Å². The zero-order chi connectivity index (χ0) is 43.7. The van der Waals surface area contributed by atoms with E-state index in [1.165, 1.54) is 122 Å². The van der Waals surface area contributed by atoms with Gasteiger partial charge in [-0.2, -0.15) is 0 Å². The zero-order valence-electron chi connectivity index (χ0n) is 39.7. The molecule has 60 heavy (non-hydrogen) atoms. The molecule has 0 fully saturated rings. The summed E-state index contributed by atoms with van der Waals surface area (Å²) in [5.41, 5.74) is 0. The lowest BCUT2D eigenvalue weighted by molar-refractivity contribution is -0.167. The monoisotopic (exact) mass is 841 g/mol. The van der Waals surface area contributed by atoms with E-state index in [9.17, 15) is 14.4 Å². The van der Waals surface area contributed by atoms with E-state index in [-0.39, 0.29) is 31.1 Å². The van der Waals surface area contributed by atoms with Crippen LogP contribution in [0.25, 0.3) is 0 Å². The Labute approximate surface area is 371 Å². The number of carbonyl (C=O) groups excluding carboxylic acids is 3. The van der Waals surface area contributed by atoms with Gasteiger partial charge in [0, 0.05) is 19.3 Å². The molecule has 1 unspecified atom stereocenters. The van der Waals surface area contributed by atoms with Crippen LogP contribution in [0.4, 0.5) is 0 Å². The molecule has 0 aromatic carbocycles. The molecule has 0 aliphatic rings. The molecule has 0 radical (unpaired) electrons. The van der Waals surface area contributed by atoms with Crippen LogP contribution in [0.2, 0.25) is 0 Å². The summed E-state index contributed by atoms with van der Waals surface area (Å²) in [6, 6.07) is 0. The number of rotatable bonds is 46. The zero-order valence-corrected chi connectivity index (χ0v) is 39.7. The van der Waals surface area contributed by atoms with Crippen molar-refractivity contribution in [3.8, 4) is 0 Å². The lowest BCUT2D eigenvalue weighted by atomic mass is 10.1. The second-order valence-corrected chi connectivity index (χ2v) is 17.1. The van der Waals surface area contributed by atoms with Crippen molar-refractivity contribution in [2.24, 2.45) is 0 Å². The molecule has 0 aliphatic heterocycles. The molecular weight excluding hydrogens is 745 g/mol. The van der Waals surface area contributed by atoms with E-state index >= 15 is 0 Å². The van der Waals surface area contributed by atoms with E-state index in [0.717, 1.165) is 96.3 Å². The minimum absolute atomic E-state index is 0.0799. The molecule has 1 atom stereocenters. The van der Waals surface area contributed by atoms with Crippen molar-refractivity contribution in [3.05, 3.63) is 48.6 Å². The predicted octanol–water partition coefficient (Wildman–Crippen LogP) is 16.7. The summed E-state index contributed by atoms with van der Waals surface area (Å²) in [6.07, 6.45) is 58.1. The molecule has 0 aliphatic carbocycles. The van der Waals surface area contributed by atoms with Crippen molar-refractivity contribution < 1.29 is 28.6 Å². The Morgan fingerprint density at radius 2 is 0.600 bits per heavy atom. The molecular formula is C54H96O6. The molecule has 0 spiro atoms. The van der Waals surface area contributed by atoms with E-state index in [0.29, 0.717) is 19.3 Å². The molecule has 348 valence electrons. The number of carbonyl (C=O) groups is 3. The van der Waals surface area contributed by atoms with Crippen molar-refractivity contribution in [2.45, 2.75) is 264 Å². The van der Waals surface area contributed by atoms with Crippen LogP contribution in [0.15, 0.2) is 48.6 Å². The molecule has 0 aromatic heterocycles. The van der Waals surface area contributed by atoms with E-state index in [4.69, 9.17) is 14.2 Å². The van der Waals surface area contributed by atoms with Gasteiger partial charge in [-0.25, -0.2) is 0 Å². The van der Waals surface area contributed by atoms with Crippen LogP contribution in [0, 0.1) is 0 Å². The van der Waals surface area contributed by atoms with Crippen LogP contribution >= 0.6 is 0 Å². The number of esters is 3. The SMILES string of the molecule is CCCCC/C=C\C/C=C\CCCCCCCC(=O)OC(COC(=O)CCCCCCCCC/C=C\C/C=C\CCCCCC)COC(=O)CCCCCCCCCCC. The molecule has 0 aromatic rings. The molecule has 6 nitrogen and oxygen atoms in total. The van der Waals surface area contributed by atoms with Crippen LogP contribution in [-0.2, 0) is 28.6 Å². The van der Waals surface area contributed by atoms with Crippen LogP contribution in [0.5, 0.6) is 0 Å². The first-order valence-electron chi connectivity index (χ1n) is 25.6. The minimum atomic E-state index is -0.780. The molecule has 0 heterocycles. The van der Waals surface area contributed by atoms with Crippen LogP contribution < -0.4 is 0 Å². The van der Waals surface area contributed by atoms with Gasteiger partial charge >= 0.3 is 17.9 Å². The fraction of sp³-hybridized carbons (Fsp3) is 0.796. The summed E-state index contributed by atoms with van der Waals surface area (Å²) in [5.74, 6) is -0.899. The number of allylic oxidation sites excluding steroid dienone is 8. The van der Waals surface area contributed by atoms with Gasteiger partial charge in [0.2, 0.25) is 0 Å². The Kier molecular flexibility index (Phi) is 46.9. The summed E-state index contributed by atoms with van der Waals surface area (Å²) < 4.78 is 16.7. The highest BCUT2D eigenvalue weighted by molar-refractivity contribution is 5.71. The first-order chi connectivity index (χ1) is 29.5. The second-order valence-electron chi connectivity index (χ2n) is 17.1. The van der Waals surface area contributed by atoms with Gasteiger partial charge in [0.25, 0.3) is 0 Å². The third-order valence-corrected chi connectivity index (χ3v) is 11.1. The van der Waals surface area contributed by atoms with Crippen molar-refractivity contribution in [1.82, 2.24) is 0 Å². The minimum Gasteiger partial charge on any atom is -0.462 e. The Hall–Kier alpha value is -2.63. The van der Waals surface area contributed by atoms with Gasteiger partial charge in [0.05, 0.1) is 0 Å². The van der Waals surface area contributed by atoms with Gasteiger partial charge in [0.1, 0.15) is 13.2 Å². The largest absolute Gasteiger partial charge is 0.462 e. The van der Waals surface area contributed by atoms with Gasteiger partial charge < -0.3 is 14.2 Å². The van der Waals surface area contributed by atoms with Crippen LogP contribution in [-0.4, -0.2) is 37.2 Å². The number of ether oxygens (including phenoxy) is 3. The van der Waals surface area contributed by atoms with E-state index < -0.39 is 6.10 Å². The first kappa shape index (κ1) is 57.4. The molecule has 0 amide bonds. The summed E-state index contributed by atoms with van der Waals surface area (Å²) >= 11 is 0. The fourth-order valence-electron chi connectivity index (χ4n) is 7.15. The van der Waals surface area contributed by atoms with Gasteiger partial charge in [-0.15, -0.1) is 0 Å². The fourth-order valence-corrected chi connectivity index (χ4v) is 7.15. The van der Waals surface area contributed by atoms with Gasteiger partial charge in [-0.05, 0) is 83.5 Å². The van der Waals surface area contributed by atoms with E-state index in [2.05, 4.69) is 69.4 Å². The van der Waals surface area contributed by atoms with Crippen LogP contribution in [0.3, 0.4) is 0 Å². The highest BCUT2D eigenvalue weighted by atomic mass is 16.6. The Balaban J connectivity index is 4.34. The smallest absolute Gasteiger partial charge is 0.306 e. The maximum Gasteiger partial charge on any atom is 0.306 e. The van der Waals surface area contributed by atoms with Crippen molar-refractivity contribution in [3.63, 3.8) is 0 Å². The van der Waals surface area contributed by atoms with E-state index in [1.54, 1.807) is 0 Å². The average Bonchev–Trinajstić information content (AvgIpc) is 3.24. The molecule has 0 rings (SSSR count). The summed E-state index contributed by atoms with van der Waals surface area (Å²) in [4.78, 5) is 37.9. The van der Waals surface area contributed by atoms with Gasteiger partial charge in [0.15, 0.2) is 6.10 Å². The summed E-state index contributed by atoms with van der Waals surface area (Å²) in [6.45, 7) is 6.57.